The van der Waals surface area contributed by atoms with Crippen LogP contribution in [0.25, 0.3) is 0 Å². The molecule has 1 atom stereocenters. The lowest BCUT2D eigenvalue weighted by molar-refractivity contribution is 0.208. The molecule has 2 heteroatoms. The first-order valence-electron chi connectivity index (χ1n) is 8.95. The van der Waals surface area contributed by atoms with Gasteiger partial charge in [-0.05, 0) is 62.1 Å². The average Bonchev–Trinajstić information content (AvgIpc) is 3.41. The number of piperidine rings is 1. The van der Waals surface area contributed by atoms with Gasteiger partial charge in [0, 0.05) is 25.2 Å². The predicted octanol–water partition coefficient (Wildman–Crippen LogP) is 3.67. The summed E-state index contributed by atoms with van der Waals surface area (Å²) in [5.41, 5.74) is 3.24. The minimum absolute atomic E-state index is 0.729. The second-order valence-corrected chi connectivity index (χ2v) is 7.28. The first-order valence-corrected chi connectivity index (χ1v) is 8.95. The topological polar surface area (TPSA) is 15.3 Å². The van der Waals surface area contributed by atoms with E-state index in [2.05, 4.69) is 34.5 Å². The SMILES string of the molecule is c1ccc(C2CC2)c(CN(CC2CCCCN2)C2CC2)c1. The molecule has 1 N–H and O–H groups in total. The molecule has 0 aromatic heterocycles. The standard InChI is InChI=1S/C19H28N2/c1-2-7-19(15-8-9-15)16(5-1)13-21(18-10-11-18)14-17-6-3-4-12-20-17/h1-2,5,7,15,17-18,20H,3-4,6,8-14H2. The third-order valence-corrected chi connectivity index (χ3v) is 5.38. The zero-order chi connectivity index (χ0) is 14.1. The van der Waals surface area contributed by atoms with Crippen LogP contribution in [-0.2, 0) is 6.54 Å². The van der Waals surface area contributed by atoms with Crippen molar-refractivity contribution in [2.75, 3.05) is 13.1 Å². The van der Waals surface area contributed by atoms with Crippen LogP contribution in [0.1, 0.15) is 62.0 Å². The van der Waals surface area contributed by atoms with E-state index in [4.69, 9.17) is 0 Å². The van der Waals surface area contributed by atoms with Gasteiger partial charge in [-0.2, -0.15) is 0 Å². The minimum Gasteiger partial charge on any atom is -0.313 e. The predicted molar refractivity (Wildman–Crippen MR) is 87.5 cm³/mol. The Morgan fingerprint density at radius 1 is 1.00 bits per heavy atom. The second kappa shape index (κ2) is 6.10. The normalized spacial score (nSPS) is 26.2. The van der Waals surface area contributed by atoms with Gasteiger partial charge in [-0.15, -0.1) is 0 Å². The van der Waals surface area contributed by atoms with Gasteiger partial charge in [0.2, 0.25) is 0 Å². The maximum atomic E-state index is 3.73. The maximum absolute atomic E-state index is 3.73. The average molecular weight is 284 g/mol. The van der Waals surface area contributed by atoms with Gasteiger partial charge in [-0.1, -0.05) is 30.7 Å². The van der Waals surface area contributed by atoms with E-state index in [-0.39, 0.29) is 0 Å². The number of hydrogen-bond donors (Lipinski definition) is 1. The van der Waals surface area contributed by atoms with Gasteiger partial charge in [-0.3, -0.25) is 4.90 Å². The van der Waals surface area contributed by atoms with Crippen molar-refractivity contribution in [1.82, 2.24) is 10.2 Å². The Balaban J connectivity index is 1.44. The summed E-state index contributed by atoms with van der Waals surface area (Å²) in [7, 11) is 0. The van der Waals surface area contributed by atoms with Crippen LogP contribution in [0, 0.1) is 0 Å². The van der Waals surface area contributed by atoms with Crippen molar-refractivity contribution in [1.29, 1.82) is 0 Å². The first-order chi connectivity index (χ1) is 10.4. The zero-order valence-corrected chi connectivity index (χ0v) is 13.1. The largest absolute Gasteiger partial charge is 0.313 e. The van der Waals surface area contributed by atoms with Gasteiger partial charge < -0.3 is 5.32 Å². The van der Waals surface area contributed by atoms with Gasteiger partial charge in [0.05, 0.1) is 0 Å². The molecule has 1 aliphatic heterocycles. The molecule has 2 aliphatic carbocycles. The molecule has 4 rings (SSSR count). The summed E-state index contributed by atoms with van der Waals surface area (Å²) in [5.74, 6) is 0.870. The lowest BCUT2D eigenvalue weighted by atomic mass is 10.0. The fourth-order valence-electron chi connectivity index (χ4n) is 3.83. The van der Waals surface area contributed by atoms with Gasteiger partial charge in [0.15, 0.2) is 0 Å². The molecular formula is C19H28N2. The molecule has 2 saturated carbocycles. The molecule has 0 radical (unpaired) electrons. The van der Waals surface area contributed by atoms with Crippen LogP contribution in [0.4, 0.5) is 0 Å². The summed E-state index contributed by atoms with van der Waals surface area (Å²) in [5, 5.41) is 3.73. The smallest absolute Gasteiger partial charge is 0.0240 e. The van der Waals surface area contributed by atoms with Crippen molar-refractivity contribution in [2.45, 2.75) is 69.5 Å². The van der Waals surface area contributed by atoms with Crippen LogP contribution in [0.2, 0.25) is 0 Å². The fourth-order valence-corrected chi connectivity index (χ4v) is 3.83. The van der Waals surface area contributed by atoms with E-state index in [9.17, 15) is 0 Å². The highest BCUT2D eigenvalue weighted by Gasteiger charge is 2.32. The molecule has 1 unspecified atom stereocenters. The van der Waals surface area contributed by atoms with E-state index < -0.39 is 0 Å². The molecule has 21 heavy (non-hydrogen) atoms. The fraction of sp³-hybridized carbons (Fsp3) is 0.684. The highest BCUT2D eigenvalue weighted by molar-refractivity contribution is 5.33. The molecule has 0 spiro atoms. The summed E-state index contributed by atoms with van der Waals surface area (Å²) in [4.78, 5) is 2.77. The van der Waals surface area contributed by atoms with Crippen LogP contribution >= 0.6 is 0 Å². The quantitative estimate of drug-likeness (QED) is 0.857. The highest BCUT2D eigenvalue weighted by Crippen LogP contribution is 2.42. The number of rotatable bonds is 6. The van der Waals surface area contributed by atoms with Crippen LogP contribution in [-0.4, -0.2) is 30.1 Å². The molecule has 0 bridgehead atoms. The molecule has 1 aromatic carbocycles. The molecule has 2 nitrogen and oxygen atoms in total. The summed E-state index contributed by atoms with van der Waals surface area (Å²) >= 11 is 0. The number of nitrogens with one attached hydrogen (secondary N) is 1. The Morgan fingerprint density at radius 3 is 2.57 bits per heavy atom. The van der Waals surface area contributed by atoms with Gasteiger partial charge in [0.25, 0.3) is 0 Å². The summed E-state index contributed by atoms with van der Waals surface area (Å²) < 4.78 is 0. The van der Waals surface area contributed by atoms with E-state index in [1.54, 1.807) is 11.1 Å². The van der Waals surface area contributed by atoms with Crippen molar-refractivity contribution >= 4 is 0 Å². The van der Waals surface area contributed by atoms with E-state index in [0.29, 0.717) is 0 Å². The lowest BCUT2D eigenvalue weighted by Gasteiger charge is -2.31. The van der Waals surface area contributed by atoms with Crippen molar-refractivity contribution in [2.24, 2.45) is 0 Å². The molecule has 3 fully saturated rings. The highest BCUT2D eigenvalue weighted by atomic mass is 15.2. The molecule has 1 saturated heterocycles. The van der Waals surface area contributed by atoms with Gasteiger partial charge in [-0.25, -0.2) is 0 Å². The van der Waals surface area contributed by atoms with Crippen molar-refractivity contribution < 1.29 is 0 Å². The van der Waals surface area contributed by atoms with Crippen molar-refractivity contribution in [3.63, 3.8) is 0 Å². The minimum atomic E-state index is 0.729. The molecule has 3 aliphatic rings. The van der Waals surface area contributed by atoms with Crippen molar-refractivity contribution in [3.8, 4) is 0 Å². The monoisotopic (exact) mass is 284 g/mol. The Bertz CT molecular complexity index is 470. The van der Waals surface area contributed by atoms with Gasteiger partial charge >= 0.3 is 0 Å². The lowest BCUT2D eigenvalue weighted by Crippen LogP contribution is -2.44. The summed E-state index contributed by atoms with van der Waals surface area (Å²) in [6.45, 7) is 3.65. The van der Waals surface area contributed by atoms with Crippen LogP contribution < -0.4 is 5.32 Å². The van der Waals surface area contributed by atoms with E-state index in [1.807, 2.05) is 0 Å². The third-order valence-electron chi connectivity index (χ3n) is 5.38. The Morgan fingerprint density at radius 2 is 1.86 bits per heavy atom. The van der Waals surface area contributed by atoms with Crippen molar-refractivity contribution in [3.05, 3.63) is 35.4 Å². The maximum Gasteiger partial charge on any atom is 0.0240 e. The molecule has 1 heterocycles. The Kier molecular flexibility index (Phi) is 4.00. The van der Waals surface area contributed by atoms with Crippen LogP contribution in [0.3, 0.4) is 0 Å². The zero-order valence-electron chi connectivity index (χ0n) is 13.1. The van der Waals surface area contributed by atoms with E-state index in [0.717, 1.165) is 18.0 Å². The molecular weight excluding hydrogens is 256 g/mol. The van der Waals surface area contributed by atoms with Crippen LogP contribution in [0.15, 0.2) is 24.3 Å². The van der Waals surface area contributed by atoms with E-state index in [1.165, 1.54) is 64.6 Å². The number of hydrogen-bond acceptors (Lipinski definition) is 2. The third kappa shape index (κ3) is 3.49. The molecule has 114 valence electrons. The van der Waals surface area contributed by atoms with Gasteiger partial charge in [0.1, 0.15) is 0 Å². The Hall–Kier alpha value is -0.860. The summed E-state index contributed by atoms with van der Waals surface area (Å²) in [6.07, 6.45) is 9.79. The summed E-state index contributed by atoms with van der Waals surface area (Å²) in [6, 6.07) is 10.8. The number of nitrogens with zero attached hydrogens (tertiary/aromatic N) is 1. The first kappa shape index (κ1) is 13.8. The molecule has 0 amide bonds. The van der Waals surface area contributed by atoms with E-state index >= 15 is 0 Å². The second-order valence-electron chi connectivity index (χ2n) is 7.28. The number of benzene rings is 1. The van der Waals surface area contributed by atoms with Crippen LogP contribution in [0.5, 0.6) is 0 Å². The Labute approximate surface area is 128 Å². The molecule has 1 aromatic rings.